The molecule has 22 heteroatoms. The molecule has 19 nitrogen and oxygen atoms in total. The van der Waals surface area contributed by atoms with Crippen LogP contribution in [0.15, 0.2) is 40.4 Å². The standard InChI is InChI=1S/C27H29BrClN9O10S/c28-14-6-16-13(5-15(14)29)25(42)37(10-34-16)7-12(39)4-17-18(2-1-3-31-17)48-27(43)36-49(44,45)46-8-19-21(40)22(41)26(47-19)38-11-35-20-23(30)32-9-33-24(20)38/h5-6,9-11,17-19,21-22,26,31,40-41H,1-4,7-8H2,(H,36,43)(H2,30,32,33)/t17-,18+,19?,21-,22-,26-/m1/s1. The Balaban J connectivity index is 1.03. The van der Waals surface area contributed by atoms with E-state index in [0.717, 1.165) is 4.57 Å². The third-order valence-corrected chi connectivity index (χ3v) is 10.1. The van der Waals surface area contributed by atoms with Crippen molar-refractivity contribution in [2.45, 2.75) is 62.5 Å². The second-order valence-electron chi connectivity index (χ2n) is 11.3. The van der Waals surface area contributed by atoms with Gasteiger partial charge in [-0.3, -0.25) is 22.9 Å². The molecule has 2 aliphatic rings. The molecule has 49 heavy (non-hydrogen) atoms. The first-order valence-electron chi connectivity index (χ1n) is 14.7. The van der Waals surface area contributed by atoms with Crippen molar-refractivity contribution in [1.29, 1.82) is 0 Å². The molecule has 262 valence electrons. The number of rotatable bonds is 10. The van der Waals surface area contributed by atoms with Crippen molar-refractivity contribution >= 4 is 77.6 Å². The number of hydrogen-bond donors (Lipinski definition) is 5. The fourth-order valence-corrected chi connectivity index (χ4v) is 6.76. The highest BCUT2D eigenvalue weighted by Gasteiger charge is 2.45. The number of nitrogens with one attached hydrogen (secondary N) is 2. The minimum Gasteiger partial charge on any atom is -0.444 e. The molecule has 2 fully saturated rings. The Kier molecular flexibility index (Phi) is 10.1. The van der Waals surface area contributed by atoms with Gasteiger partial charge in [0, 0.05) is 10.9 Å². The number of nitrogens with zero attached hydrogens (tertiary/aromatic N) is 6. The van der Waals surface area contributed by atoms with Gasteiger partial charge in [0.15, 0.2) is 23.5 Å². The highest BCUT2D eigenvalue weighted by atomic mass is 79.9. The number of aliphatic hydroxyl groups excluding tert-OH is 2. The Morgan fingerprint density at radius 3 is 2.78 bits per heavy atom. The van der Waals surface area contributed by atoms with E-state index in [4.69, 9.17) is 31.0 Å². The SMILES string of the molecule is Nc1ncnc2c1ncn2[C@@H]1OC(COS(=O)(=O)NC(=O)O[C@H]2CCCN[C@@H]2CC(=O)Cn2cnc3cc(Br)c(Cl)cc3c2=O)[C@@H](O)[C@H]1O. The van der Waals surface area contributed by atoms with E-state index < -0.39 is 65.2 Å². The molecule has 0 spiro atoms. The van der Waals surface area contributed by atoms with Crippen molar-refractivity contribution in [3.8, 4) is 0 Å². The van der Waals surface area contributed by atoms with Gasteiger partial charge in [-0.15, -0.1) is 0 Å². The fourth-order valence-electron chi connectivity index (χ4n) is 5.64. The maximum Gasteiger partial charge on any atom is 0.423 e. The zero-order valence-electron chi connectivity index (χ0n) is 25.2. The summed E-state index contributed by atoms with van der Waals surface area (Å²) in [5.74, 6) is -0.288. The Morgan fingerprint density at radius 2 is 1.98 bits per heavy atom. The first kappa shape index (κ1) is 35.0. The van der Waals surface area contributed by atoms with E-state index in [9.17, 15) is 33.0 Å². The Morgan fingerprint density at radius 1 is 1.18 bits per heavy atom. The third kappa shape index (κ3) is 7.52. The van der Waals surface area contributed by atoms with E-state index in [1.807, 2.05) is 0 Å². The van der Waals surface area contributed by atoms with E-state index >= 15 is 0 Å². The van der Waals surface area contributed by atoms with Gasteiger partial charge in [0.1, 0.15) is 36.3 Å². The summed E-state index contributed by atoms with van der Waals surface area (Å²) >= 11 is 9.40. The average molecular weight is 787 g/mol. The lowest BCUT2D eigenvalue weighted by Crippen LogP contribution is -2.50. The number of aliphatic hydroxyl groups is 2. The molecule has 3 aromatic heterocycles. The molecule has 1 unspecified atom stereocenters. The molecule has 0 bridgehead atoms. The summed E-state index contributed by atoms with van der Waals surface area (Å²) in [7, 11) is -4.78. The van der Waals surface area contributed by atoms with Crippen LogP contribution in [0.1, 0.15) is 25.5 Å². The van der Waals surface area contributed by atoms with Gasteiger partial charge in [0.05, 0.1) is 47.8 Å². The summed E-state index contributed by atoms with van der Waals surface area (Å²) in [4.78, 5) is 54.7. The van der Waals surface area contributed by atoms with E-state index in [2.05, 4.69) is 41.2 Å². The number of anilines is 1. The number of fused-ring (bicyclic) bond motifs is 2. The van der Waals surface area contributed by atoms with Crippen molar-refractivity contribution in [2.75, 3.05) is 18.9 Å². The van der Waals surface area contributed by atoms with E-state index in [1.165, 1.54) is 29.6 Å². The fraction of sp³-hybridized carbons (Fsp3) is 0.444. The number of aromatic nitrogens is 6. The number of halogens is 2. The van der Waals surface area contributed by atoms with Crippen LogP contribution in [-0.4, -0.2) is 103 Å². The van der Waals surface area contributed by atoms with Gasteiger partial charge in [-0.1, -0.05) is 11.6 Å². The Labute approximate surface area is 290 Å². The molecular weight excluding hydrogens is 758 g/mol. The predicted octanol–water partition coefficient (Wildman–Crippen LogP) is -0.0789. The minimum atomic E-state index is -4.78. The van der Waals surface area contributed by atoms with Crippen LogP contribution in [0.25, 0.3) is 22.1 Å². The van der Waals surface area contributed by atoms with Crippen LogP contribution >= 0.6 is 27.5 Å². The summed E-state index contributed by atoms with van der Waals surface area (Å²) in [6.07, 6.45) is -3.48. The lowest BCUT2D eigenvalue weighted by Gasteiger charge is -2.31. The van der Waals surface area contributed by atoms with Gasteiger partial charge >= 0.3 is 16.4 Å². The number of amides is 1. The molecule has 0 saturated carbocycles. The first-order chi connectivity index (χ1) is 23.3. The lowest BCUT2D eigenvalue weighted by atomic mass is 9.96. The molecule has 2 saturated heterocycles. The van der Waals surface area contributed by atoms with Crippen LogP contribution in [-0.2, 0) is 35.3 Å². The zero-order chi connectivity index (χ0) is 35.0. The van der Waals surface area contributed by atoms with Crippen LogP contribution in [0.5, 0.6) is 0 Å². The monoisotopic (exact) mass is 785 g/mol. The number of carbonyl (C=O) groups excluding carboxylic acids is 2. The van der Waals surface area contributed by atoms with Gasteiger partial charge < -0.3 is 30.7 Å². The van der Waals surface area contributed by atoms with E-state index in [0.29, 0.717) is 34.4 Å². The van der Waals surface area contributed by atoms with Crippen LogP contribution in [0.4, 0.5) is 10.6 Å². The molecule has 4 aromatic rings. The maximum atomic E-state index is 13.0. The average Bonchev–Trinajstić information content (AvgIpc) is 3.60. The predicted molar refractivity (Wildman–Crippen MR) is 173 cm³/mol. The second kappa shape index (κ2) is 14.2. The third-order valence-electron chi connectivity index (χ3n) is 8.03. The maximum absolute atomic E-state index is 13.0. The summed E-state index contributed by atoms with van der Waals surface area (Å²) in [6, 6.07) is 2.38. The number of benzene rings is 1. The molecule has 6 rings (SSSR count). The van der Waals surface area contributed by atoms with Crippen LogP contribution in [0.3, 0.4) is 0 Å². The molecule has 0 radical (unpaired) electrons. The molecule has 6 atom stereocenters. The molecule has 6 N–H and O–H groups in total. The van der Waals surface area contributed by atoms with Crippen molar-refractivity contribution < 1.29 is 41.9 Å². The number of hydrogen-bond acceptors (Lipinski definition) is 16. The van der Waals surface area contributed by atoms with Gasteiger partial charge in [-0.05, 0) is 47.4 Å². The number of nitrogen functional groups attached to an aromatic ring is 1. The Bertz CT molecular complexity index is 2080. The molecule has 2 aliphatic heterocycles. The van der Waals surface area contributed by atoms with Crippen LogP contribution < -0.4 is 21.3 Å². The normalized spacial score (nSPS) is 24.3. The number of nitrogens with two attached hydrogens (primary N) is 1. The van der Waals surface area contributed by atoms with Gasteiger partial charge in [-0.2, -0.15) is 13.1 Å². The number of ketones is 1. The lowest BCUT2D eigenvalue weighted by molar-refractivity contribution is -0.121. The van der Waals surface area contributed by atoms with Crippen molar-refractivity contribution in [3.63, 3.8) is 0 Å². The zero-order valence-corrected chi connectivity index (χ0v) is 28.3. The van der Waals surface area contributed by atoms with E-state index in [-0.39, 0.29) is 41.1 Å². The number of carbonyl (C=O) groups is 2. The van der Waals surface area contributed by atoms with Crippen molar-refractivity contribution in [3.05, 3.63) is 51.0 Å². The first-order valence-corrected chi connectivity index (χ1v) is 17.3. The molecule has 0 aliphatic carbocycles. The molecular formula is C27H29BrClN9O10S. The second-order valence-corrected chi connectivity index (χ2v) is 13.9. The van der Waals surface area contributed by atoms with Crippen LogP contribution in [0.2, 0.25) is 5.02 Å². The summed E-state index contributed by atoms with van der Waals surface area (Å²) in [5.41, 5.74) is 6.16. The molecule has 1 aromatic carbocycles. The highest BCUT2D eigenvalue weighted by Crippen LogP contribution is 2.32. The minimum absolute atomic E-state index is 0.0814. The Hall–Kier alpha value is -3.83. The largest absolute Gasteiger partial charge is 0.444 e. The summed E-state index contributed by atoms with van der Waals surface area (Å²) in [5, 5.41) is 24.7. The number of Topliss-reactive ketones (excluding diaryl/α,β-unsaturated/α-hetero) is 1. The summed E-state index contributed by atoms with van der Waals surface area (Å²) in [6.45, 7) is -0.578. The number of ether oxygens (including phenoxy) is 2. The highest BCUT2D eigenvalue weighted by molar-refractivity contribution is 9.10. The van der Waals surface area contributed by atoms with E-state index in [1.54, 1.807) is 10.8 Å². The topological polar surface area (TPSA) is 265 Å². The van der Waals surface area contributed by atoms with Gasteiger partial charge in [-0.25, -0.2) is 24.7 Å². The van der Waals surface area contributed by atoms with Crippen molar-refractivity contribution in [2.24, 2.45) is 0 Å². The number of imidazole rings is 1. The van der Waals surface area contributed by atoms with Gasteiger partial charge in [0.2, 0.25) is 0 Å². The van der Waals surface area contributed by atoms with Gasteiger partial charge in [0.25, 0.3) is 5.56 Å². The molecule has 5 heterocycles. The number of piperidine rings is 1. The quantitative estimate of drug-likeness (QED) is 0.141. The smallest absolute Gasteiger partial charge is 0.423 e. The van der Waals surface area contributed by atoms with Crippen LogP contribution in [0, 0.1) is 0 Å². The molecule has 1 amide bonds. The van der Waals surface area contributed by atoms with Crippen molar-refractivity contribution in [1.82, 2.24) is 39.1 Å². The summed E-state index contributed by atoms with van der Waals surface area (Å²) < 4.78 is 45.7.